The van der Waals surface area contributed by atoms with Gasteiger partial charge in [0.2, 0.25) is 5.91 Å². The molecule has 0 radical (unpaired) electrons. The van der Waals surface area contributed by atoms with Crippen molar-refractivity contribution in [2.24, 2.45) is 5.92 Å². The molecule has 0 aromatic heterocycles. The molecule has 1 fully saturated rings. The predicted octanol–water partition coefficient (Wildman–Crippen LogP) is 2.09. The summed E-state index contributed by atoms with van der Waals surface area (Å²) in [6, 6.07) is 7.98. The lowest BCUT2D eigenvalue weighted by Gasteiger charge is -2.30. The molecule has 1 aromatic carbocycles. The van der Waals surface area contributed by atoms with E-state index in [2.05, 4.69) is 23.2 Å². The van der Waals surface area contributed by atoms with Gasteiger partial charge in [0.25, 0.3) is 0 Å². The molecule has 1 heterocycles. The molecule has 0 aliphatic carbocycles. The third kappa shape index (κ3) is 5.38. The molecule has 0 spiro atoms. The quantitative estimate of drug-likeness (QED) is 0.872. The molecule has 0 bridgehead atoms. The van der Waals surface area contributed by atoms with Crippen LogP contribution in [-0.4, -0.2) is 44.1 Å². The van der Waals surface area contributed by atoms with Crippen LogP contribution in [0, 0.1) is 5.92 Å². The number of piperidine rings is 1. The Morgan fingerprint density at radius 2 is 2.33 bits per heavy atom. The largest absolute Gasteiger partial charge is 0.497 e. The molecular weight excluding hydrogens is 264 g/mol. The van der Waals surface area contributed by atoms with Gasteiger partial charge in [-0.05, 0) is 49.4 Å². The Labute approximate surface area is 127 Å². The second-order valence-electron chi connectivity index (χ2n) is 5.93. The molecule has 1 aliphatic heterocycles. The molecule has 1 aromatic rings. The zero-order chi connectivity index (χ0) is 15.1. The van der Waals surface area contributed by atoms with Crippen LogP contribution in [0.1, 0.15) is 25.3 Å². The molecule has 1 aliphatic rings. The highest BCUT2D eigenvalue weighted by atomic mass is 16.5. The summed E-state index contributed by atoms with van der Waals surface area (Å²) in [5.74, 6) is 1.71. The van der Waals surface area contributed by atoms with Gasteiger partial charge in [-0.3, -0.25) is 9.69 Å². The maximum Gasteiger partial charge on any atom is 0.234 e. The summed E-state index contributed by atoms with van der Waals surface area (Å²) >= 11 is 0. The number of likely N-dealkylation sites (tertiary alicyclic amines) is 1. The van der Waals surface area contributed by atoms with Crippen LogP contribution in [0.3, 0.4) is 0 Å². The number of ether oxygens (including phenoxy) is 1. The zero-order valence-electron chi connectivity index (χ0n) is 13.1. The molecule has 1 saturated heterocycles. The molecule has 1 atom stereocenters. The first-order valence-corrected chi connectivity index (χ1v) is 7.79. The standard InChI is InChI=1S/C17H26N2O2/c1-14-5-4-10-19(12-14)13-17(20)18-9-8-15-6-3-7-16(11-15)21-2/h3,6-7,11,14H,4-5,8-10,12-13H2,1-2H3,(H,18,20). The van der Waals surface area contributed by atoms with Crippen LogP contribution in [0.15, 0.2) is 24.3 Å². The Hall–Kier alpha value is -1.55. The normalized spacial score (nSPS) is 19.2. The third-order valence-corrected chi connectivity index (χ3v) is 3.98. The molecule has 4 nitrogen and oxygen atoms in total. The lowest BCUT2D eigenvalue weighted by atomic mass is 10.0. The molecule has 4 heteroatoms. The molecule has 116 valence electrons. The van der Waals surface area contributed by atoms with Crippen molar-refractivity contribution in [3.63, 3.8) is 0 Å². The van der Waals surface area contributed by atoms with Crippen LogP contribution in [0.4, 0.5) is 0 Å². The molecule has 1 N–H and O–H groups in total. The van der Waals surface area contributed by atoms with Crippen molar-refractivity contribution >= 4 is 5.91 Å². The van der Waals surface area contributed by atoms with Crippen LogP contribution < -0.4 is 10.1 Å². The number of rotatable bonds is 6. The van der Waals surface area contributed by atoms with Gasteiger partial charge in [0.15, 0.2) is 0 Å². The van der Waals surface area contributed by atoms with Gasteiger partial charge in [-0.1, -0.05) is 19.1 Å². The van der Waals surface area contributed by atoms with E-state index in [9.17, 15) is 4.79 Å². The zero-order valence-corrected chi connectivity index (χ0v) is 13.1. The van der Waals surface area contributed by atoms with Crippen molar-refractivity contribution in [1.29, 1.82) is 0 Å². The van der Waals surface area contributed by atoms with E-state index in [1.807, 2.05) is 18.2 Å². The van der Waals surface area contributed by atoms with Gasteiger partial charge >= 0.3 is 0 Å². The fraction of sp³-hybridized carbons (Fsp3) is 0.588. The minimum atomic E-state index is 0.131. The van der Waals surface area contributed by atoms with E-state index in [1.54, 1.807) is 7.11 Å². The van der Waals surface area contributed by atoms with Crippen molar-refractivity contribution in [3.05, 3.63) is 29.8 Å². The number of methoxy groups -OCH3 is 1. The molecular formula is C17H26N2O2. The lowest BCUT2D eigenvalue weighted by molar-refractivity contribution is -0.122. The van der Waals surface area contributed by atoms with Crippen LogP contribution in [0.5, 0.6) is 5.75 Å². The topological polar surface area (TPSA) is 41.6 Å². The molecule has 0 saturated carbocycles. The van der Waals surface area contributed by atoms with E-state index in [-0.39, 0.29) is 5.91 Å². The molecule has 21 heavy (non-hydrogen) atoms. The van der Waals surface area contributed by atoms with Gasteiger partial charge in [-0.25, -0.2) is 0 Å². The van der Waals surface area contributed by atoms with Gasteiger partial charge in [0.1, 0.15) is 5.75 Å². The Bertz CT molecular complexity index is 462. The van der Waals surface area contributed by atoms with Crippen LogP contribution >= 0.6 is 0 Å². The highest BCUT2D eigenvalue weighted by Gasteiger charge is 2.18. The first-order valence-electron chi connectivity index (χ1n) is 7.79. The number of carbonyl (C=O) groups is 1. The second-order valence-corrected chi connectivity index (χ2v) is 5.93. The molecule has 1 unspecified atom stereocenters. The second kappa shape index (κ2) is 8.03. The Morgan fingerprint density at radius 3 is 3.10 bits per heavy atom. The van der Waals surface area contributed by atoms with E-state index < -0.39 is 0 Å². The summed E-state index contributed by atoms with van der Waals surface area (Å²) in [6.45, 7) is 5.56. The van der Waals surface area contributed by atoms with E-state index >= 15 is 0 Å². The molecule has 1 amide bonds. The maximum atomic E-state index is 12.0. The van der Waals surface area contributed by atoms with Crippen molar-refractivity contribution in [2.75, 3.05) is 33.3 Å². The summed E-state index contributed by atoms with van der Waals surface area (Å²) in [5, 5.41) is 3.01. The smallest absolute Gasteiger partial charge is 0.234 e. The van der Waals surface area contributed by atoms with Crippen LogP contribution in [0.2, 0.25) is 0 Å². The lowest BCUT2D eigenvalue weighted by Crippen LogP contribution is -2.42. The minimum Gasteiger partial charge on any atom is -0.497 e. The van der Waals surface area contributed by atoms with E-state index in [4.69, 9.17) is 4.74 Å². The van der Waals surface area contributed by atoms with Crippen molar-refractivity contribution in [2.45, 2.75) is 26.2 Å². The maximum absolute atomic E-state index is 12.0. The van der Waals surface area contributed by atoms with Gasteiger partial charge in [0.05, 0.1) is 13.7 Å². The monoisotopic (exact) mass is 290 g/mol. The van der Waals surface area contributed by atoms with Crippen molar-refractivity contribution in [3.8, 4) is 5.75 Å². The average Bonchev–Trinajstić information content (AvgIpc) is 2.47. The van der Waals surface area contributed by atoms with Crippen molar-refractivity contribution < 1.29 is 9.53 Å². The SMILES string of the molecule is COc1cccc(CCNC(=O)CN2CCCC(C)C2)c1. The average molecular weight is 290 g/mol. The summed E-state index contributed by atoms with van der Waals surface area (Å²) in [7, 11) is 1.67. The Balaban J connectivity index is 1.69. The fourth-order valence-electron chi connectivity index (χ4n) is 2.86. The predicted molar refractivity (Wildman–Crippen MR) is 84.5 cm³/mol. The highest BCUT2D eigenvalue weighted by Crippen LogP contribution is 2.15. The first kappa shape index (κ1) is 15.8. The number of nitrogens with one attached hydrogen (secondary N) is 1. The summed E-state index contributed by atoms with van der Waals surface area (Å²) in [5.41, 5.74) is 1.18. The van der Waals surface area contributed by atoms with Crippen molar-refractivity contribution in [1.82, 2.24) is 10.2 Å². The van der Waals surface area contributed by atoms with Gasteiger partial charge < -0.3 is 10.1 Å². The Kier molecular flexibility index (Phi) is 6.05. The van der Waals surface area contributed by atoms with E-state index in [0.29, 0.717) is 19.0 Å². The highest BCUT2D eigenvalue weighted by molar-refractivity contribution is 5.78. The number of carbonyl (C=O) groups excluding carboxylic acids is 1. The third-order valence-electron chi connectivity index (χ3n) is 3.98. The van der Waals surface area contributed by atoms with Gasteiger partial charge in [0, 0.05) is 13.1 Å². The number of amides is 1. The fourth-order valence-corrected chi connectivity index (χ4v) is 2.86. The number of benzene rings is 1. The number of hydrogen-bond donors (Lipinski definition) is 1. The van der Waals surface area contributed by atoms with Gasteiger partial charge in [-0.15, -0.1) is 0 Å². The first-order chi connectivity index (χ1) is 10.2. The van der Waals surface area contributed by atoms with Crippen LogP contribution in [-0.2, 0) is 11.2 Å². The van der Waals surface area contributed by atoms with E-state index in [1.165, 1.54) is 18.4 Å². The number of hydrogen-bond acceptors (Lipinski definition) is 3. The van der Waals surface area contributed by atoms with E-state index in [0.717, 1.165) is 25.3 Å². The Morgan fingerprint density at radius 1 is 1.48 bits per heavy atom. The minimum absolute atomic E-state index is 0.131. The summed E-state index contributed by atoms with van der Waals surface area (Å²) in [6.07, 6.45) is 3.32. The summed E-state index contributed by atoms with van der Waals surface area (Å²) in [4.78, 5) is 14.2. The number of nitrogens with zero attached hydrogens (tertiary/aromatic N) is 1. The summed E-state index contributed by atoms with van der Waals surface area (Å²) < 4.78 is 5.20. The van der Waals surface area contributed by atoms with Crippen LogP contribution in [0.25, 0.3) is 0 Å². The molecule has 2 rings (SSSR count). The van der Waals surface area contributed by atoms with Gasteiger partial charge in [-0.2, -0.15) is 0 Å².